The zero-order chi connectivity index (χ0) is 12.1. The van der Waals surface area contributed by atoms with Crippen LogP contribution in [0.25, 0.3) is 0 Å². The molecule has 0 aromatic carbocycles. The zero-order valence-corrected chi connectivity index (χ0v) is 8.97. The number of carbonyl (C=O) groups excluding carboxylic acids is 2. The summed E-state index contributed by atoms with van der Waals surface area (Å²) in [6, 6.07) is 2.25. The number of nitrogens with two attached hydrogens (primary N) is 2. The van der Waals surface area contributed by atoms with Crippen molar-refractivity contribution >= 4 is 11.8 Å². The van der Waals surface area contributed by atoms with E-state index in [9.17, 15) is 9.59 Å². The minimum Gasteiger partial charge on any atom is -0.467 e. The molecule has 0 spiro atoms. The van der Waals surface area contributed by atoms with Crippen molar-refractivity contribution in [3.8, 4) is 0 Å². The molecule has 1 unspecified atom stereocenters. The van der Waals surface area contributed by atoms with Crippen molar-refractivity contribution in [2.24, 2.45) is 11.5 Å². The van der Waals surface area contributed by atoms with Gasteiger partial charge in [0.2, 0.25) is 11.8 Å². The summed E-state index contributed by atoms with van der Waals surface area (Å²) >= 11 is 0. The maximum absolute atomic E-state index is 11.5. The van der Waals surface area contributed by atoms with Gasteiger partial charge in [-0.15, -0.1) is 0 Å². The van der Waals surface area contributed by atoms with Gasteiger partial charge in [-0.3, -0.25) is 9.59 Å². The smallest absolute Gasteiger partial charge is 0.238 e. The number of hydrogen-bond donors (Lipinski definition) is 3. The lowest BCUT2D eigenvalue weighted by Gasteiger charge is -2.14. The molecule has 0 aliphatic carbocycles. The number of hydrogen-bond acceptors (Lipinski definition) is 4. The molecule has 2 amide bonds. The fraction of sp³-hybridized carbons (Fsp3) is 0.400. The Morgan fingerprint density at radius 1 is 1.56 bits per heavy atom. The third-order valence-electron chi connectivity index (χ3n) is 2.09. The molecule has 1 rings (SSSR count). The Hall–Kier alpha value is -1.82. The molecule has 1 aromatic rings. The van der Waals surface area contributed by atoms with Crippen LogP contribution in [0.3, 0.4) is 0 Å². The van der Waals surface area contributed by atoms with E-state index in [1.54, 1.807) is 19.1 Å². The number of nitrogens with one attached hydrogen (secondary N) is 1. The molecule has 0 radical (unpaired) electrons. The van der Waals surface area contributed by atoms with Gasteiger partial charge in [-0.1, -0.05) is 0 Å². The largest absolute Gasteiger partial charge is 0.467 e. The minimum absolute atomic E-state index is 0.170. The third kappa shape index (κ3) is 3.39. The molecular weight excluding hydrogens is 210 g/mol. The lowest BCUT2D eigenvalue weighted by atomic mass is 10.1. The Morgan fingerprint density at radius 2 is 2.25 bits per heavy atom. The summed E-state index contributed by atoms with van der Waals surface area (Å²) in [6.07, 6.45) is 1.35. The topological polar surface area (TPSA) is 111 Å². The monoisotopic (exact) mass is 225 g/mol. The Balaban J connectivity index is 2.48. The first-order valence-corrected chi connectivity index (χ1v) is 4.88. The molecule has 1 heterocycles. The second-order valence-corrected chi connectivity index (χ2v) is 3.52. The van der Waals surface area contributed by atoms with Crippen molar-refractivity contribution in [1.29, 1.82) is 0 Å². The molecule has 1 aromatic heterocycles. The van der Waals surface area contributed by atoms with Crippen molar-refractivity contribution in [2.75, 3.05) is 0 Å². The Morgan fingerprint density at radius 3 is 2.75 bits per heavy atom. The van der Waals surface area contributed by atoms with Gasteiger partial charge in [0.25, 0.3) is 0 Å². The number of amides is 2. The molecule has 0 aliphatic rings. The molecule has 16 heavy (non-hydrogen) atoms. The van der Waals surface area contributed by atoms with Crippen molar-refractivity contribution in [1.82, 2.24) is 5.32 Å². The Bertz CT molecular complexity index is 361. The van der Waals surface area contributed by atoms with E-state index in [-0.39, 0.29) is 12.5 Å². The zero-order valence-electron chi connectivity index (χ0n) is 8.97. The van der Waals surface area contributed by atoms with Crippen LogP contribution in [0.2, 0.25) is 0 Å². The molecule has 6 heteroatoms. The molecule has 0 bridgehead atoms. The normalized spacial score (nSPS) is 14.1. The fourth-order valence-electron chi connectivity index (χ4n) is 1.24. The molecule has 0 saturated carbocycles. The third-order valence-corrected chi connectivity index (χ3v) is 2.09. The minimum atomic E-state index is -0.921. The molecule has 0 saturated heterocycles. The lowest BCUT2D eigenvalue weighted by Crippen LogP contribution is -2.43. The Labute approximate surface area is 93.0 Å². The van der Waals surface area contributed by atoms with Gasteiger partial charge < -0.3 is 21.2 Å². The maximum atomic E-state index is 11.5. The average molecular weight is 225 g/mol. The summed E-state index contributed by atoms with van der Waals surface area (Å²) in [6.45, 7) is 1.76. The summed E-state index contributed by atoms with van der Waals surface area (Å²) in [5.74, 6) is -0.407. The second-order valence-electron chi connectivity index (χ2n) is 3.52. The molecule has 0 aliphatic heterocycles. The van der Waals surface area contributed by atoms with Crippen molar-refractivity contribution < 1.29 is 14.0 Å². The van der Waals surface area contributed by atoms with E-state index in [1.807, 2.05) is 0 Å². The van der Waals surface area contributed by atoms with Gasteiger partial charge in [0.15, 0.2) is 0 Å². The van der Waals surface area contributed by atoms with Crippen molar-refractivity contribution in [3.63, 3.8) is 0 Å². The van der Waals surface area contributed by atoms with Crippen LogP contribution < -0.4 is 16.8 Å². The van der Waals surface area contributed by atoms with E-state index in [2.05, 4.69) is 5.32 Å². The summed E-state index contributed by atoms with van der Waals surface area (Å²) in [5.41, 5.74) is 10.4. The van der Waals surface area contributed by atoms with Crippen LogP contribution >= 0.6 is 0 Å². The van der Waals surface area contributed by atoms with Crippen LogP contribution in [-0.2, 0) is 9.59 Å². The fourth-order valence-corrected chi connectivity index (χ4v) is 1.24. The molecular formula is C10H15N3O3. The van der Waals surface area contributed by atoms with E-state index >= 15 is 0 Å². The molecule has 0 fully saturated rings. The summed E-state index contributed by atoms with van der Waals surface area (Å²) in [7, 11) is 0. The van der Waals surface area contributed by atoms with Gasteiger partial charge in [-0.05, 0) is 19.1 Å². The predicted octanol–water partition coefficient (Wildman–Crippen LogP) is -0.340. The van der Waals surface area contributed by atoms with Gasteiger partial charge in [-0.25, -0.2) is 0 Å². The highest BCUT2D eigenvalue weighted by Crippen LogP contribution is 2.12. The van der Waals surface area contributed by atoms with E-state index < -0.39 is 17.9 Å². The summed E-state index contributed by atoms with van der Waals surface area (Å²) < 4.78 is 5.11. The van der Waals surface area contributed by atoms with Crippen LogP contribution in [0.1, 0.15) is 25.1 Å². The van der Waals surface area contributed by atoms with Gasteiger partial charge in [0.1, 0.15) is 5.76 Å². The van der Waals surface area contributed by atoms with Gasteiger partial charge in [0.05, 0.1) is 24.8 Å². The molecule has 2 atom stereocenters. The van der Waals surface area contributed by atoms with Crippen LogP contribution in [-0.4, -0.2) is 17.9 Å². The van der Waals surface area contributed by atoms with Gasteiger partial charge in [-0.2, -0.15) is 0 Å². The number of carbonyl (C=O) groups is 2. The van der Waals surface area contributed by atoms with Crippen molar-refractivity contribution in [3.05, 3.63) is 24.2 Å². The Kier molecular flexibility index (Phi) is 4.07. The highest BCUT2D eigenvalue weighted by molar-refractivity contribution is 5.87. The highest BCUT2D eigenvalue weighted by atomic mass is 16.3. The number of furan rings is 1. The van der Waals surface area contributed by atoms with Crippen LogP contribution in [0.4, 0.5) is 0 Å². The lowest BCUT2D eigenvalue weighted by molar-refractivity contribution is -0.126. The summed E-state index contributed by atoms with van der Waals surface area (Å²) in [5, 5.41) is 2.62. The summed E-state index contributed by atoms with van der Waals surface area (Å²) in [4.78, 5) is 22.1. The quantitative estimate of drug-likeness (QED) is 0.636. The van der Waals surface area contributed by atoms with Crippen LogP contribution in [0, 0.1) is 0 Å². The standard InChI is InChI=1S/C10H15N3O3/c1-6(8-3-2-4-16-8)13-10(15)7(11)5-9(12)14/h2-4,6-7H,5,11H2,1H3,(H2,12,14)(H,13,15)/t6-,7?/m1/s1. The van der Waals surface area contributed by atoms with E-state index in [1.165, 1.54) is 6.26 Å². The highest BCUT2D eigenvalue weighted by Gasteiger charge is 2.19. The van der Waals surface area contributed by atoms with Gasteiger partial charge >= 0.3 is 0 Å². The number of rotatable bonds is 5. The first-order chi connectivity index (χ1) is 7.50. The predicted molar refractivity (Wildman–Crippen MR) is 57.1 cm³/mol. The van der Waals surface area contributed by atoms with Gasteiger partial charge in [0, 0.05) is 0 Å². The molecule has 5 N–H and O–H groups in total. The average Bonchev–Trinajstić information content (AvgIpc) is 2.68. The van der Waals surface area contributed by atoms with E-state index in [4.69, 9.17) is 15.9 Å². The number of primary amides is 1. The first kappa shape index (κ1) is 12.3. The maximum Gasteiger partial charge on any atom is 0.238 e. The van der Waals surface area contributed by atoms with Crippen molar-refractivity contribution in [2.45, 2.75) is 25.4 Å². The SMILES string of the molecule is C[C@@H](NC(=O)C(N)CC(N)=O)c1ccco1. The van der Waals surface area contributed by atoms with Crippen LogP contribution in [0.15, 0.2) is 22.8 Å². The molecule has 88 valence electrons. The van der Waals surface area contributed by atoms with E-state index in [0.717, 1.165) is 0 Å². The van der Waals surface area contributed by atoms with Crippen LogP contribution in [0.5, 0.6) is 0 Å². The second kappa shape index (κ2) is 5.32. The van der Waals surface area contributed by atoms with E-state index in [0.29, 0.717) is 5.76 Å². The molecule has 6 nitrogen and oxygen atoms in total. The first-order valence-electron chi connectivity index (χ1n) is 4.88.